The van der Waals surface area contributed by atoms with E-state index >= 15 is 0 Å². The third-order valence-corrected chi connectivity index (χ3v) is 3.11. The van der Waals surface area contributed by atoms with E-state index in [0.717, 1.165) is 6.07 Å². The van der Waals surface area contributed by atoms with Gasteiger partial charge in [0.2, 0.25) is 0 Å². The number of alkyl halides is 3. The smallest absolute Gasteiger partial charge is 0.419 e. The number of hydrogen-bond acceptors (Lipinski definition) is 2. The van der Waals surface area contributed by atoms with E-state index in [1.165, 1.54) is 6.07 Å². The van der Waals surface area contributed by atoms with Crippen LogP contribution < -0.4 is 10.5 Å². The molecular weight excluding hydrogens is 310 g/mol. The van der Waals surface area contributed by atoms with Gasteiger partial charge >= 0.3 is 6.18 Å². The molecule has 0 aromatic heterocycles. The first-order chi connectivity index (χ1) is 9.82. The lowest BCUT2D eigenvalue weighted by Gasteiger charge is -2.13. The molecule has 0 atom stereocenters. The summed E-state index contributed by atoms with van der Waals surface area (Å²) in [7, 11) is 0. The maximum atomic E-state index is 13.2. The fourth-order valence-corrected chi connectivity index (χ4v) is 1.99. The molecule has 21 heavy (non-hydrogen) atoms. The summed E-state index contributed by atoms with van der Waals surface area (Å²) in [6.45, 7) is 0.0579. The first-order valence-electron chi connectivity index (χ1n) is 5.85. The van der Waals surface area contributed by atoms with Crippen molar-refractivity contribution in [3.8, 4) is 11.5 Å². The van der Waals surface area contributed by atoms with Crippen LogP contribution in [0.2, 0.25) is 5.02 Å². The summed E-state index contributed by atoms with van der Waals surface area (Å²) in [5, 5.41) is 0.341. The van der Waals surface area contributed by atoms with Gasteiger partial charge in [0.05, 0.1) is 5.56 Å². The molecule has 2 N–H and O–H groups in total. The summed E-state index contributed by atoms with van der Waals surface area (Å²) >= 11 is 5.92. The Bertz CT molecular complexity index is 658. The first kappa shape index (κ1) is 15.6. The van der Waals surface area contributed by atoms with Crippen LogP contribution in [0.3, 0.4) is 0 Å². The average molecular weight is 320 g/mol. The van der Waals surface area contributed by atoms with Gasteiger partial charge in [-0.1, -0.05) is 17.7 Å². The molecule has 0 aliphatic carbocycles. The lowest BCUT2D eigenvalue weighted by Crippen LogP contribution is -2.08. The summed E-state index contributed by atoms with van der Waals surface area (Å²) in [6.07, 6.45) is -4.80. The van der Waals surface area contributed by atoms with Crippen molar-refractivity contribution in [2.45, 2.75) is 12.7 Å². The monoisotopic (exact) mass is 319 g/mol. The molecule has 7 heteroatoms. The zero-order valence-electron chi connectivity index (χ0n) is 10.5. The van der Waals surface area contributed by atoms with Crippen LogP contribution in [0.25, 0.3) is 0 Å². The highest BCUT2D eigenvalue weighted by molar-refractivity contribution is 6.31. The van der Waals surface area contributed by atoms with Gasteiger partial charge in [-0.25, -0.2) is 4.39 Å². The van der Waals surface area contributed by atoms with Crippen LogP contribution in [0.4, 0.5) is 17.6 Å². The minimum atomic E-state index is -4.80. The number of hydrogen-bond donors (Lipinski definition) is 1. The van der Waals surface area contributed by atoms with E-state index in [-0.39, 0.29) is 18.0 Å². The Balaban J connectivity index is 2.39. The van der Waals surface area contributed by atoms with E-state index in [9.17, 15) is 17.6 Å². The van der Waals surface area contributed by atoms with Crippen molar-refractivity contribution in [2.75, 3.05) is 0 Å². The van der Waals surface area contributed by atoms with Gasteiger partial charge in [-0.05, 0) is 30.3 Å². The molecule has 2 rings (SSSR count). The van der Waals surface area contributed by atoms with E-state index in [4.69, 9.17) is 22.1 Å². The molecule has 0 saturated carbocycles. The summed E-state index contributed by atoms with van der Waals surface area (Å²) in [5.41, 5.74) is 4.59. The van der Waals surface area contributed by atoms with Crippen molar-refractivity contribution >= 4 is 11.6 Å². The lowest BCUT2D eigenvalue weighted by molar-refractivity contribution is -0.140. The lowest BCUT2D eigenvalue weighted by atomic mass is 10.2. The molecule has 2 nitrogen and oxygen atoms in total. The van der Waals surface area contributed by atoms with Crippen LogP contribution in [0.1, 0.15) is 11.1 Å². The quantitative estimate of drug-likeness (QED) is 0.829. The van der Waals surface area contributed by atoms with Gasteiger partial charge in [0.25, 0.3) is 0 Å². The number of nitrogens with two attached hydrogens (primary N) is 1. The molecule has 0 saturated heterocycles. The second kappa shape index (κ2) is 5.91. The van der Waals surface area contributed by atoms with Crippen LogP contribution in [0, 0.1) is 5.82 Å². The molecule has 0 amide bonds. The molecular formula is C14H10ClF4NO. The maximum absolute atomic E-state index is 13.2. The van der Waals surface area contributed by atoms with Crippen molar-refractivity contribution in [1.82, 2.24) is 0 Å². The van der Waals surface area contributed by atoms with Crippen molar-refractivity contribution in [1.29, 1.82) is 0 Å². The Morgan fingerprint density at radius 1 is 1.14 bits per heavy atom. The van der Waals surface area contributed by atoms with Gasteiger partial charge in [0.15, 0.2) is 0 Å². The van der Waals surface area contributed by atoms with Crippen LogP contribution in [-0.4, -0.2) is 0 Å². The van der Waals surface area contributed by atoms with Crippen molar-refractivity contribution in [2.24, 2.45) is 5.73 Å². The maximum Gasteiger partial charge on any atom is 0.419 e. The van der Waals surface area contributed by atoms with Gasteiger partial charge < -0.3 is 10.5 Å². The second-order valence-corrected chi connectivity index (χ2v) is 4.57. The Morgan fingerprint density at radius 2 is 1.86 bits per heavy atom. The third kappa shape index (κ3) is 3.46. The molecule has 2 aromatic carbocycles. The molecule has 0 heterocycles. The predicted molar refractivity (Wildman–Crippen MR) is 70.8 cm³/mol. The fourth-order valence-electron chi connectivity index (χ4n) is 1.74. The van der Waals surface area contributed by atoms with Crippen molar-refractivity contribution in [3.63, 3.8) is 0 Å². The minimum absolute atomic E-state index is 0.0579. The topological polar surface area (TPSA) is 35.2 Å². The van der Waals surface area contributed by atoms with Crippen molar-refractivity contribution < 1.29 is 22.3 Å². The highest BCUT2D eigenvalue weighted by Gasteiger charge is 2.34. The van der Waals surface area contributed by atoms with Crippen molar-refractivity contribution in [3.05, 3.63) is 58.4 Å². The van der Waals surface area contributed by atoms with Crippen LogP contribution in [-0.2, 0) is 12.7 Å². The molecule has 112 valence electrons. The standard InChI is InChI=1S/C14H10ClF4NO/c15-11-2-1-3-13(9(11)7-20)21-8-4-5-12(16)10(6-8)14(17,18)19/h1-6H,7,20H2. The van der Waals surface area contributed by atoms with E-state index in [1.54, 1.807) is 12.1 Å². The predicted octanol–water partition coefficient (Wildman–Crippen LogP) is 4.75. The molecule has 0 fully saturated rings. The molecule has 2 aromatic rings. The zero-order valence-corrected chi connectivity index (χ0v) is 11.3. The van der Waals surface area contributed by atoms with Crippen LogP contribution in [0.15, 0.2) is 36.4 Å². The summed E-state index contributed by atoms with van der Waals surface area (Å²) < 4.78 is 56.5. The molecule has 0 spiro atoms. The third-order valence-electron chi connectivity index (χ3n) is 2.75. The summed E-state index contributed by atoms with van der Waals surface area (Å²) in [5.74, 6) is -1.29. The normalized spacial score (nSPS) is 11.5. The van der Waals surface area contributed by atoms with E-state index in [2.05, 4.69) is 0 Å². The van der Waals surface area contributed by atoms with Gasteiger partial charge in [0, 0.05) is 17.1 Å². The first-order valence-corrected chi connectivity index (χ1v) is 6.22. The minimum Gasteiger partial charge on any atom is -0.457 e. The Kier molecular flexibility index (Phi) is 4.39. The summed E-state index contributed by atoms with van der Waals surface area (Å²) in [6, 6.07) is 7.07. The van der Waals surface area contributed by atoms with Crippen LogP contribution >= 0.6 is 11.6 Å². The Hall–Kier alpha value is -1.79. The molecule has 0 aliphatic rings. The van der Waals surface area contributed by atoms with Gasteiger partial charge in [-0.2, -0.15) is 13.2 Å². The number of benzene rings is 2. The van der Waals surface area contributed by atoms with Crippen LogP contribution in [0.5, 0.6) is 11.5 Å². The zero-order chi connectivity index (χ0) is 15.6. The van der Waals surface area contributed by atoms with Gasteiger partial charge in [-0.15, -0.1) is 0 Å². The average Bonchev–Trinajstić information content (AvgIpc) is 2.40. The molecule has 0 unspecified atom stereocenters. The van der Waals surface area contributed by atoms with E-state index in [0.29, 0.717) is 22.7 Å². The SMILES string of the molecule is NCc1c(Cl)cccc1Oc1ccc(F)c(C(F)(F)F)c1. The van der Waals surface area contributed by atoms with E-state index in [1.807, 2.05) is 0 Å². The molecule has 0 radical (unpaired) electrons. The largest absolute Gasteiger partial charge is 0.457 e. The van der Waals surface area contributed by atoms with Gasteiger partial charge in [0.1, 0.15) is 17.3 Å². The molecule has 0 aliphatic heterocycles. The van der Waals surface area contributed by atoms with E-state index < -0.39 is 17.6 Å². The summed E-state index contributed by atoms with van der Waals surface area (Å²) in [4.78, 5) is 0. The highest BCUT2D eigenvalue weighted by Crippen LogP contribution is 2.36. The second-order valence-electron chi connectivity index (χ2n) is 4.16. The number of halogens is 5. The number of rotatable bonds is 3. The number of ether oxygens (including phenoxy) is 1. The Labute approximate surface area is 123 Å². The molecule has 0 bridgehead atoms. The Morgan fingerprint density at radius 3 is 2.48 bits per heavy atom. The fraction of sp³-hybridized carbons (Fsp3) is 0.143. The highest BCUT2D eigenvalue weighted by atomic mass is 35.5. The van der Waals surface area contributed by atoms with Gasteiger partial charge in [-0.3, -0.25) is 0 Å².